The van der Waals surface area contributed by atoms with Gasteiger partial charge in [0, 0.05) is 11.3 Å². The first-order valence-corrected chi connectivity index (χ1v) is 8.04. The Morgan fingerprint density at radius 3 is 2.57 bits per heavy atom. The van der Waals surface area contributed by atoms with Crippen molar-refractivity contribution in [3.63, 3.8) is 0 Å². The second-order valence-electron chi connectivity index (χ2n) is 5.24. The largest absolute Gasteiger partial charge is 0.368 e. The number of thiophene rings is 1. The third kappa shape index (κ3) is 2.60. The van der Waals surface area contributed by atoms with Crippen LogP contribution in [0.25, 0.3) is 10.2 Å². The Hall–Kier alpha value is -1.69. The Morgan fingerprint density at radius 2 is 2.05 bits per heavy atom. The molecular weight excluding hydrogens is 286 g/mol. The Morgan fingerprint density at radius 1 is 1.38 bits per heavy atom. The lowest BCUT2D eigenvalue weighted by atomic mass is 10.1. The van der Waals surface area contributed by atoms with Gasteiger partial charge in [0.25, 0.3) is 5.56 Å². The van der Waals surface area contributed by atoms with Gasteiger partial charge in [-0.2, -0.15) is 0 Å². The minimum absolute atomic E-state index is 0.143. The molecule has 0 saturated carbocycles. The minimum Gasteiger partial charge on any atom is -0.368 e. The summed E-state index contributed by atoms with van der Waals surface area (Å²) in [6, 6.07) is -0.629. The van der Waals surface area contributed by atoms with Gasteiger partial charge in [0.15, 0.2) is 0 Å². The third-order valence-electron chi connectivity index (χ3n) is 3.81. The Balaban J connectivity index is 2.85. The lowest BCUT2D eigenvalue weighted by molar-refractivity contribution is -0.121. The van der Waals surface area contributed by atoms with E-state index in [-0.39, 0.29) is 5.56 Å². The van der Waals surface area contributed by atoms with Crippen molar-refractivity contribution in [1.29, 1.82) is 0 Å². The number of hydrogen-bond donors (Lipinski definition) is 1. The van der Waals surface area contributed by atoms with Crippen molar-refractivity contribution in [3.8, 4) is 0 Å². The van der Waals surface area contributed by atoms with E-state index in [1.54, 1.807) is 0 Å². The van der Waals surface area contributed by atoms with Crippen molar-refractivity contribution >= 4 is 27.5 Å². The lowest BCUT2D eigenvalue weighted by Gasteiger charge is -2.18. The van der Waals surface area contributed by atoms with Gasteiger partial charge in [0.05, 0.1) is 5.39 Å². The molecule has 2 rings (SSSR count). The molecule has 2 aromatic rings. The minimum atomic E-state index is -0.629. The van der Waals surface area contributed by atoms with E-state index in [9.17, 15) is 9.59 Å². The number of aryl methyl sites for hydroxylation is 3. The van der Waals surface area contributed by atoms with Gasteiger partial charge >= 0.3 is 0 Å². The zero-order valence-corrected chi connectivity index (χ0v) is 13.7. The highest BCUT2D eigenvalue weighted by atomic mass is 32.1. The monoisotopic (exact) mass is 307 g/mol. The van der Waals surface area contributed by atoms with Crippen molar-refractivity contribution in [2.24, 2.45) is 5.73 Å². The first-order valence-electron chi connectivity index (χ1n) is 7.22. The molecule has 0 aromatic carbocycles. The molecule has 5 nitrogen and oxygen atoms in total. The van der Waals surface area contributed by atoms with Gasteiger partial charge < -0.3 is 5.73 Å². The highest BCUT2D eigenvalue weighted by Crippen LogP contribution is 2.27. The van der Waals surface area contributed by atoms with E-state index < -0.39 is 11.9 Å². The maximum atomic E-state index is 12.9. The number of fused-ring (bicyclic) bond motifs is 1. The van der Waals surface area contributed by atoms with Gasteiger partial charge in [-0.1, -0.05) is 13.8 Å². The molecule has 0 saturated heterocycles. The van der Waals surface area contributed by atoms with Crippen LogP contribution in [0.5, 0.6) is 0 Å². The number of carbonyl (C=O) groups is 1. The summed E-state index contributed by atoms with van der Waals surface area (Å²) in [5.41, 5.74) is 6.28. The summed E-state index contributed by atoms with van der Waals surface area (Å²) in [5, 5.41) is 0.622. The SMILES string of the molecule is CCCc1nc2sc(C)c(C)c2c(=O)n1C(CC)C(N)=O. The molecule has 1 amide bonds. The average Bonchev–Trinajstić information content (AvgIpc) is 2.69. The van der Waals surface area contributed by atoms with Crippen LogP contribution < -0.4 is 11.3 Å². The van der Waals surface area contributed by atoms with Gasteiger partial charge in [-0.3, -0.25) is 14.2 Å². The van der Waals surface area contributed by atoms with Gasteiger partial charge in [-0.25, -0.2) is 4.98 Å². The topological polar surface area (TPSA) is 78.0 Å². The molecule has 1 atom stereocenters. The molecule has 2 aromatic heterocycles. The predicted octanol–water partition coefficient (Wildman–Crippen LogP) is 2.46. The molecular formula is C15H21N3O2S. The summed E-state index contributed by atoms with van der Waals surface area (Å²) in [6.45, 7) is 7.78. The average molecular weight is 307 g/mol. The Labute approximate surface area is 127 Å². The van der Waals surface area contributed by atoms with Crippen molar-refractivity contribution in [2.45, 2.75) is 53.0 Å². The highest BCUT2D eigenvalue weighted by Gasteiger charge is 2.23. The van der Waals surface area contributed by atoms with Gasteiger partial charge in [-0.05, 0) is 32.3 Å². The van der Waals surface area contributed by atoms with Crippen LogP contribution in [0, 0.1) is 13.8 Å². The number of carbonyl (C=O) groups excluding carboxylic acids is 1. The van der Waals surface area contributed by atoms with E-state index in [2.05, 4.69) is 4.98 Å². The fraction of sp³-hybridized carbons (Fsp3) is 0.533. The maximum absolute atomic E-state index is 12.9. The van der Waals surface area contributed by atoms with E-state index in [1.807, 2.05) is 27.7 Å². The van der Waals surface area contributed by atoms with Crippen LogP contribution in [0.2, 0.25) is 0 Å². The van der Waals surface area contributed by atoms with Crippen molar-refractivity contribution in [2.75, 3.05) is 0 Å². The zero-order chi connectivity index (χ0) is 15.7. The van der Waals surface area contributed by atoms with Crippen LogP contribution in [0.1, 0.15) is 49.0 Å². The molecule has 2 heterocycles. The van der Waals surface area contributed by atoms with E-state index in [0.29, 0.717) is 24.1 Å². The molecule has 0 aliphatic rings. The molecule has 0 aliphatic heterocycles. The number of nitrogens with zero attached hydrogens (tertiary/aromatic N) is 2. The molecule has 0 spiro atoms. The summed E-state index contributed by atoms with van der Waals surface area (Å²) in [5.74, 6) is 0.171. The summed E-state index contributed by atoms with van der Waals surface area (Å²) in [7, 11) is 0. The van der Waals surface area contributed by atoms with E-state index in [1.165, 1.54) is 15.9 Å². The third-order valence-corrected chi connectivity index (χ3v) is 4.91. The fourth-order valence-electron chi connectivity index (χ4n) is 2.58. The molecule has 0 radical (unpaired) electrons. The normalized spacial score (nSPS) is 12.8. The molecule has 114 valence electrons. The van der Waals surface area contributed by atoms with Gasteiger partial charge in [0.2, 0.25) is 5.91 Å². The maximum Gasteiger partial charge on any atom is 0.263 e. The number of primary amides is 1. The van der Waals surface area contributed by atoms with Crippen LogP contribution in [0.3, 0.4) is 0 Å². The Kier molecular flexibility index (Phi) is 4.46. The molecule has 6 heteroatoms. The summed E-state index contributed by atoms with van der Waals surface area (Å²) in [4.78, 5) is 31.1. The van der Waals surface area contributed by atoms with Crippen molar-refractivity contribution in [1.82, 2.24) is 9.55 Å². The van der Waals surface area contributed by atoms with E-state index >= 15 is 0 Å². The standard InChI is InChI=1S/C15H21N3O2S/c1-5-7-11-17-14-12(8(3)9(4)21-14)15(20)18(11)10(6-2)13(16)19/h10H,5-7H2,1-4H3,(H2,16,19). The van der Waals surface area contributed by atoms with E-state index in [0.717, 1.165) is 21.7 Å². The summed E-state index contributed by atoms with van der Waals surface area (Å²) in [6.07, 6.45) is 2.00. The van der Waals surface area contributed by atoms with Gasteiger partial charge in [0.1, 0.15) is 16.7 Å². The number of aromatic nitrogens is 2. The van der Waals surface area contributed by atoms with Crippen LogP contribution >= 0.6 is 11.3 Å². The second kappa shape index (κ2) is 5.97. The second-order valence-corrected chi connectivity index (χ2v) is 6.45. The number of rotatable bonds is 5. The first-order chi connectivity index (χ1) is 9.92. The number of hydrogen-bond acceptors (Lipinski definition) is 4. The lowest BCUT2D eigenvalue weighted by Crippen LogP contribution is -2.36. The van der Waals surface area contributed by atoms with Crippen molar-refractivity contribution in [3.05, 3.63) is 26.6 Å². The molecule has 0 fully saturated rings. The molecule has 2 N–H and O–H groups in total. The zero-order valence-electron chi connectivity index (χ0n) is 12.9. The van der Waals surface area contributed by atoms with Crippen LogP contribution in [-0.4, -0.2) is 15.5 Å². The predicted molar refractivity (Wildman–Crippen MR) is 85.9 cm³/mol. The van der Waals surface area contributed by atoms with Gasteiger partial charge in [-0.15, -0.1) is 11.3 Å². The number of nitrogens with two attached hydrogens (primary N) is 1. The molecule has 21 heavy (non-hydrogen) atoms. The van der Waals surface area contributed by atoms with E-state index in [4.69, 9.17) is 5.73 Å². The fourth-order valence-corrected chi connectivity index (χ4v) is 3.62. The molecule has 0 bridgehead atoms. The van der Waals surface area contributed by atoms with Crippen LogP contribution in [0.15, 0.2) is 4.79 Å². The van der Waals surface area contributed by atoms with Crippen LogP contribution in [0.4, 0.5) is 0 Å². The summed E-state index contributed by atoms with van der Waals surface area (Å²) < 4.78 is 1.51. The first kappa shape index (κ1) is 15.7. The van der Waals surface area contributed by atoms with Crippen molar-refractivity contribution < 1.29 is 4.79 Å². The van der Waals surface area contributed by atoms with Crippen LogP contribution in [-0.2, 0) is 11.2 Å². The summed E-state index contributed by atoms with van der Waals surface area (Å²) >= 11 is 1.53. The Bertz CT molecular complexity index is 745. The number of amides is 1. The highest BCUT2D eigenvalue weighted by molar-refractivity contribution is 7.18. The smallest absolute Gasteiger partial charge is 0.263 e. The molecule has 1 unspecified atom stereocenters. The molecule has 0 aliphatic carbocycles. The quantitative estimate of drug-likeness (QED) is 0.921.